The van der Waals surface area contributed by atoms with Crippen molar-refractivity contribution < 1.29 is 4.42 Å². The van der Waals surface area contributed by atoms with Crippen LogP contribution in [0.25, 0.3) is 11.1 Å². The van der Waals surface area contributed by atoms with Crippen LogP contribution in [-0.4, -0.2) is 9.97 Å². The molecule has 0 saturated carbocycles. The predicted octanol–water partition coefficient (Wildman–Crippen LogP) is 3.46. The molecule has 2 aromatic heterocycles. The molecular weight excluding hydrogens is 351 g/mol. The molecule has 0 spiro atoms. The van der Waals surface area contributed by atoms with E-state index in [1.807, 2.05) is 6.92 Å². The molecule has 0 bridgehead atoms. The number of aromatic nitrogens is 2. The van der Waals surface area contributed by atoms with E-state index in [1.165, 1.54) is 0 Å². The molecule has 0 radical (unpaired) electrons. The number of aryl methyl sites for hydroxylation is 1. The lowest BCUT2D eigenvalue weighted by molar-refractivity contribution is 0.540. The van der Waals surface area contributed by atoms with Crippen LogP contribution in [0.1, 0.15) is 24.1 Å². The summed E-state index contributed by atoms with van der Waals surface area (Å²) in [6, 6.07) is 5.11. The first-order chi connectivity index (χ1) is 11.5. The van der Waals surface area contributed by atoms with Gasteiger partial charge in [-0.05, 0) is 30.2 Å². The van der Waals surface area contributed by atoms with Crippen molar-refractivity contribution in [3.05, 3.63) is 55.7 Å². The van der Waals surface area contributed by atoms with Crippen molar-refractivity contribution in [2.24, 2.45) is 5.73 Å². The van der Waals surface area contributed by atoms with Gasteiger partial charge in [-0.1, -0.05) is 30.1 Å². The molecule has 0 aliphatic heterocycles. The Balaban J connectivity index is 1.87. The maximum atomic E-state index is 12.1. The summed E-state index contributed by atoms with van der Waals surface area (Å²) in [6.45, 7) is 2.53. The third-order valence-corrected chi connectivity index (χ3v) is 4.32. The molecule has 0 amide bonds. The lowest BCUT2D eigenvalue weighted by Crippen LogP contribution is -2.19. The number of fused-ring (bicyclic) bond motifs is 1. The van der Waals surface area contributed by atoms with Gasteiger partial charge in [-0.25, -0.2) is 4.98 Å². The molecular formula is C16H16Cl2N4O2. The van der Waals surface area contributed by atoms with Gasteiger partial charge >= 0.3 is 0 Å². The number of oxazole rings is 1. The number of anilines is 1. The van der Waals surface area contributed by atoms with Crippen LogP contribution in [0, 0.1) is 0 Å². The average Bonchev–Trinajstić information content (AvgIpc) is 3.02. The smallest absolute Gasteiger partial charge is 0.271 e. The van der Waals surface area contributed by atoms with E-state index in [1.54, 1.807) is 18.2 Å². The maximum Gasteiger partial charge on any atom is 0.271 e. The second-order valence-electron chi connectivity index (χ2n) is 5.24. The summed E-state index contributed by atoms with van der Waals surface area (Å²) in [7, 11) is 0. The third-order valence-electron chi connectivity index (χ3n) is 3.72. The first kappa shape index (κ1) is 16.8. The number of hydrogen-bond donors (Lipinski definition) is 3. The summed E-state index contributed by atoms with van der Waals surface area (Å²) in [6.07, 6.45) is 0.770. The number of nitrogens with one attached hydrogen (secondary N) is 2. The molecule has 0 aliphatic carbocycles. The second-order valence-corrected chi connectivity index (χ2v) is 6.06. The Hall–Kier alpha value is -2.02. The molecule has 3 aromatic rings. The summed E-state index contributed by atoms with van der Waals surface area (Å²) in [4.78, 5) is 19.2. The van der Waals surface area contributed by atoms with Crippen LogP contribution in [0.4, 0.5) is 5.69 Å². The average molecular weight is 367 g/mol. The number of nitrogens with two attached hydrogens (primary N) is 1. The third kappa shape index (κ3) is 3.13. The van der Waals surface area contributed by atoms with Gasteiger partial charge < -0.3 is 20.5 Å². The van der Waals surface area contributed by atoms with E-state index in [9.17, 15) is 4.79 Å². The molecule has 24 heavy (non-hydrogen) atoms. The molecule has 0 atom stereocenters. The van der Waals surface area contributed by atoms with Crippen molar-refractivity contribution >= 4 is 40.0 Å². The summed E-state index contributed by atoms with van der Waals surface area (Å²) in [5.74, 6) is 0.389. The molecule has 126 valence electrons. The van der Waals surface area contributed by atoms with Gasteiger partial charge in [-0.2, -0.15) is 0 Å². The van der Waals surface area contributed by atoms with Gasteiger partial charge in [0, 0.05) is 12.2 Å². The van der Waals surface area contributed by atoms with Crippen LogP contribution in [0.5, 0.6) is 0 Å². The van der Waals surface area contributed by atoms with E-state index in [2.05, 4.69) is 15.3 Å². The Bertz CT molecular complexity index is 910. The quantitative estimate of drug-likeness (QED) is 0.642. The van der Waals surface area contributed by atoms with Crippen molar-refractivity contribution in [1.82, 2.24) is 9.97 Å². The van der Waals surface area contributed by atoms with Crippen molar-refractivity contribution in [1.29, 1.82) is 0 Å². The highest BCUT2D eigenvalue weighted by atomic mass is 35.5. The fraction of sp³-hybridized carbons (Fsp3) is 0.250. The summed E-state index contributed by atoms with van der Waals surface area (Å²) in [5.41, 5.74) is 8.51. The molecule has 4 N–H and O–H groups in total. The maximum absolute atomic E-state index is 12.1. The molecule has 0 saturated heterocycles. The number of hydrogen-bond acceptors (Lipinski definition) is 5. The topological polar surface area (TPSA) is 96.9 Å². The van der Waals surface area contributed by atoms with Gasteiger partial charge in [0.2, 0.25) is 5.89 Å². The van der Waals surface area contributed by atoms with Gasteiger partial charge in [-0.15, -0.1) is 0 Å². The molecule has 0 aliphatic rings. The zero-order valence-electron chi connectivity index (χ0n) is 13.0. The lowest BCUT2D eigenvalue weighted by atomic mass is 10.1. The summed E-state index contributed by atoms with van der Waals surface area (Å²) < 4.78 is 5.62. The van der Waals surface area contributed by atoms with Crippen molar-refractivity contribution in [3.63, 3.8) is 0 Å². The molecule has 3 rings (SSSR count). The van der Waals surface area contributed by atoms with Gasteiger partial charge in [0.05, 0.1) is 16.6 Å². The fourth-order valence-corrected chi connectivity index (χ4v) is 2.86. The van der Waals surface area contributed by atoms with E-state index in [0.717, 1.165) is 17.7 Å². The van der Waals surface area contributed by atoms with E-state index in [0.29, 0.717) is 39.3 Å². The largest absolute Gasteiger partial charge is 0.437 e. The number of aromatic amines is 1. The first-order valence-corrected chi connectivity index (χ1v) is 8.21. The number of pyridine rings is 1. The van der Waals surface area contributed by atoms with E-state index in [-0.39, 0.29) is 12.1 Å². The molecule has 1 aromatic carbocycles. The molecule has 2 heterocycles. The summed E-state index contributed by atoms with van der Waals surface area (Å²) >= 11 is 12.2. The highest BCUT2D eigenvalue weighted by Gasteiger charge is 2.13. The monoisotopic (exact) mass is 366 g/mol. The predicted molar refractivity (Wildman–Crippen MR) is 95.7 cm³/mol. The van der Waals surface area contributed by atoms with Crippen LogP contribution in [0.3, 0.4) is 0 Å². The minimum Gasteiger partial charge on any atom is -0.437 e. The molecule has 0 fully saturated rings. The SMILES string of the molecule is CCc1cc(NCc2nc3c(Cl)ccc(Cl)c3o2)c(=O)[nH]c1CN. The van der Waals surface area contributed by atoms with Gasteiger partial charge in [0.25, 0.3) is 5.56 Å². The zero-order chi connectivity index (χ0) is 17.3. The molecule has 6 nitrogen and oxygen atoms in total. The second kappa shape index (κ2) is 6.84. The fourth-order valence-electron chi connectivity index (χ4n) is 2.48. The van der Waals surface area contributed by atoms with Gasteiger partial charge in [-0.3, -0.25) is 4.79 Å². The van der Waals surface area contributed by atoms with E-state index < -0.39 is 0 Å². The van der Waals surface area contributed by atoms with Crippen LogP contribution >= 0.6 is 23.2 Å². The van der Waals surface area contributed by atoms with Crippen LogP contribution in [-0.2, 0) is 19.5 Å². The van der Waals surface area contributed by atoms with Gasteiger partial charge in [0.15, 0.2) is 5.58 Å². The van der Waals surface area contributed by atoms with E-state index in [4.69, 9.17) is 33.4 Å². The number of rotatable bonds is 5. The van der Waals surface area contributed by atoms with Crippen LogP contribution < -0.4 is 16.6 Å². The Morgan fingerprint density at radius 1 is 1.33 bits per heavy atom. The van der Waals surface area contributed by atoms with Crippen LogP contribution in [0.2, 0.25) is 10.0 Å². The molecule has 8 heteroatoms. The lowest BCUT2D eigenvalue weighted by Gasteiger charge is -2.09. The highest BCUT2D eigenvalue weighted by Crippen LogP contribution is 2.30. The van der Waals surface area contributed by atoms with Crippen molar-refractivity contribution in [2.45, 2.75) is 26.4 Å². The Morgan fingerprint density at radius 2 is 2.08 bits per heavy atom. The minimum absolute atomic E-state index is 0.232. The molecule has 0 unspecified atom stereocenters. The van der Waals surface area contributed by atoms with E-state index >= 15 is 0 Å². The van der Waals surface area contributed by atoms with Crippen molar-refractivity contribution in [3.8, 4) is 0 Å². The Labute approximate surface area is 148 Å². The number of H-pyrrole nitrogens is 1. The first-order valence-electron chi connectivity index (χ1n) is 7.46. The van der Waals surface area contributed by atoms with Crippen LogP contribution in [0.15, 0.2) is 27.4 Å². The normalized spacial score (nSPS) is 11.2. The summed E-state index contributed by atoms with van der Waals surface area (Å²) in [5, 5.41) is 3.93. The highest BCUT2D eigenvalue weighted by molar-refractivity contribution is 6.39. The van der Waals surface area contributed by atoms with Crippen molar-refractivity contribution in [2.75, 3.05) is 5.32 Å². The Morgan fingerprint density at radius 3 is 2.75 bits per heavy atom. The van der Waals surface area contributed by atoms with Gasteiger partial charge in [0.1, 0.15) is 11.2 Å². The Kier molecular flexibility index (Phi) is 4.80. The number of nitrogens with zero attached hydrogens (tertiary/aromatic N) is 1. The number of halogens is 2. The standard InChI is InChI=1S/C16H16Cl2N4O2/c1-2-8-5-11(16(23)21-12(8)6-19)20-7-13-22-14-9(17)3-4-10(18)15(14)24-13/h3-5,20H,2,6-7,19H2,1H3,(H,21,23). The number of benzene rings is 1. The zero-order valence-corrected chi connectivity index (χ0v) is 14.5. The minimum atomic E-state index is -0.236.